The van der Waals surface area contributed by atoms with Crippen molar-refractivity contribution in [2.75, 3.05) is 39.5 Å². The molecule has 0 aliphatic carbocycles. The van der Waals surface area contributed by atoms with Crippen molar-refractivity contribution >= 4 is 0 Å². The minimum atomic E-state index is 0.326. The molecule has 2 heterocycles. The number of hydrogen-bond donors (Lipinski definition) is 0. The van der Waals surface area contributed by atoms with E-state index in [0.717, 1.165) is 26.4 Å². The van der Waals surface area contributed by atoms with Crippen molar-refractivity contribution < 1.29 is 9.47 Å². The van der Waals surface area contributed by atoms with Gasteiger partial charge in [0.2, 0.25) is 0 Å². The van der Waals surface area contributed by atoms with Gasteiger partial charge in [0.25, 0.3) is 0 Å². The van der Waals surface area contributed by atoms with Crippen LogP contribution in [0.3, 0.4) is 0 Å². The van der Waals surface area contributed by atoms with E-state index in [0.29, 0.717) is 6.10 Å². The summed E-state index contributed by atoms with van der Waals surface area (Å²) in [6, 6.07) is 0. The molecule has 1 unspecified atom stereocenters. The van der Waals surface area contributed by atoms with Crippen LogP contribution in [0.1, 0.15) is 19.3 Å². The second-order valence-corrected chi connectivity index (χ2v) is 3.93. The van der Waals surface area contributed by atoms with Crippen molar-refractivity contribution in [3.05, 3.63) is 0 Å². The van der Waals surface area contributed by atoms with E-state index in [1.165, 1.54) is 32.4 Å². The summed E-state index contributed by atoms with van der Waals surface area (Å²) in [5.41, 5.74) is 0. The largest absolute Gasteiger partial charge is 0.376 e. The molecule has 0 bridgehead atoms. The van der Waals surface area contributed by atoms with Crippen molar-refractivity contribution in [3.8, 4) is 0 Å². The molecular formula is C10H19NO2. The minimum Gasteiger partial charge on any atom is -0.376 e. The predicted octanol–water partition coefficient (Wildman–Crippen LogP) is 0.888. The molecule has 2 rings (SSSR count). The molecule has 3 nitrogen and oxygen atoms in total. The van der Waals surface area contributed by atoms with Gasteiger partial charge in [-0.05, 0) is 25.9 Å². The molecule has 0 radical (unpaired) electrons. The van der Waals surface area contributed by atoms with E-state index in [9.17, 15) is 0 Å². The Labute approximate surface area is 80.0 Å². The molecule has 2 saturated heterocycles. The van der Waals surface area contributed by atoms with E-state index in [2.05, 4.69) is 4.90 Å². The quantitative estimate of drug-likeness (QED) is 0.637. The third-order valence-corrected chi connectivity index (χ3v) is 2.80. The van der Waals surface area contributed by atoms with E-state index in [-0.39, 0.29) is 0 Å². The maximum atomic E-state index is 5.61. The second-order valence-electron chi connectivity index (χ2n) is 3.93. The summed E-state index contributed by atoms with van der Waals surface area (Å²) in [7, 11) is 0. The van der Waals surface area contributed by atoms with Crippen molar-refractivity contribution in [2.45, 2.75) is 25.4 Å². The van der Waals surface area contributed by atoms with E-state index >= 15 is 0 Å². The zero-order valence-corrected chi connectivity index (χ0v) is 8.21. The highest BCUT2D eigenvalue weighted by atomic mass is 16.6. The third kappa shape index (κ3) is 2.93. The van der Waals surface area contributed by atoms with Crippen LogP contribution in [0.5, 0.6) is 0 Å². The lowest BCUT2D eigenvalue weighted by Gasteiger charge is -2.32. The van der Waals surface area contributed by atoms with Gasteiger partial charge in [0.05, 0.1) is 25.9 Å². The Morgan fingerprint density at radius 1 is 1.08 bits per heavy atom. The molecule has 2 aliphatic rings. The molecule has 0 N–H and O–H groups in total. The Morgan fingerprint density at radius 2 is 1.92 bits per heavy atom. The minimum absolute atomic E-state index is 0.326. The van der Waals surface area contributed by atoms with Crippen LogP contribution in [-0.4, -0.2) is 50.5 Å². The first kappa shape index (κ1) is 9.44. The summed E-state index contributed by atoms with van der Waals surface area (Å²) in [6.45, 7) is 5.91. The molecule has 0 aromatic carbocycles. The Balaban J connectivity index is 1.69. The smallest absolute Gasteiger partial charge is 0.0936 e. The summed E-state index contributed by atoms with van der Waals surface area (Å²) >= 11 is 0. The normalized spacial score (nSPS) is 31.8. The van der Waals surface area contributed by atoms with Gasteiger partial charge in [0.15, 0.2) is 0 Å². The van der Waals surface area contributed by atoms with Crippen LogP contribution in [0.2, 0.25) is 0 Å². The highest BCUT2D eigenvalue weighted by molar-refractivity contribution is 4.71. The summed E-state index contributed by atoms with van der Waals surface area (Å²) in [6.07, 6.45) is 4.44. The second kappa shape index (κ2) is 4.94. The first-order chi connectivity index (χ1) is 6.45. The molecule has 0 aromatic heterocycles. The van der Waals surface area contributed by atoms with Gasteiger partial charge in [-0.2, -0.15) is 0 Å². The summed E-state index contributed by atoms with van der Waals surface area (Å²) in [5.74, 6) is 0. The van der Waals surface area contributed by atoms with Crippen LogP contribution in [-0.2, 0) is 9.47 Å². The molecule has 13 heavy (non-hydrogen) atoms. The van der Waals surface area contributed by atoms with Gasteiger partial charge in [0, 0.05) is 6.54 Å². The summed E-state index contributed by atoms with van der Waals surface area (Å²) < 4.78 is 11.0. The Morgan fingerprint density at radius 3 is 2.62 bits per heavy atom. The lowest BCUT2D eigenvalue weighted by atomic mass is 10.1. The van der Waals surface area contributed by atoms with Crippen LogP contribution in [0, 0.1) is 0 Å². The third-order valence-electron chi connectivity index (χ3n) is 2.80. The highest BCUT2D eigenvalue weighted by Gasteiger charge is 2.19. The lowest BCUT2D eigenvalue weighted by molar-refractivity contribution is -0.0985. The fraction of sp³-hybridized carbons (Fsp3) is 1.00. The van der Waals surface area contributed by atoms with Crippen molar-refractivity contribution in [3.63, 3.8) is 0 Å². The molecule has 0 spiro atoms. The van der Waals surface area contributed by atoms with E-state index in [1.54, 1.807) is 0 Å². The zero-order valence-electron chi connectivity index (χ0n) is 8.21. The molecule has 76 valence electrons. The SMILES string of the molecule is C1CCN(CC2COCCO2)CC1. The number of rotatable bonds is 2. The lowest BCUT2D eigenvalue weighted by Crippen LogP contribution is -2.42. The van der Waals surface area contributed by atoms with Gasteiger partial charge in [-0.1, -0.05) is 6.42 Å². The maximum absolute atomic E-state index is 5.61. The van der Waals surface area contributed by atoms with E-state index in [1.807, 2.05) is 0 Å². The summed E-state index contributed by atoms with van der Waals surface area (Å²) in [4.78, 5) is 2.50. The molecule has 2 aliphatic heterocycles. The molecule has 2 fully saturated rings. The number of piperidine rings is 1. The fourth-order valence-electron chi connectivity index (χ4n) is 2.07. The van der Waals surface area contributed by atoms with E-state index < -0.39 is 0 Å². The van der Waals surface area contributed by atoms with Crippen LogP contribution >= 0.6 is 0 Å². The molecule has 0 amide bonds. The average Bonchev–Trinajstić information content (AvgIpc) is 2.21. The van der Waals surface area contributed by atoms with Gasteiger partial charge in [-0.25, -0.2) is 0 Å². The zero-order chi connectivity index (χ0) is 8.93. The van der Waals surface area contributed by atoms with Crippen LogP contribution < -0.4 is 0 Å². The average molecular weight is 185 g/mol. The van der Waals surface area contributed by atoms with Crippen LogP contribution in [0.15, 0.2) is 0 Å². The number of ether oxygens (including phenoxy) is 2. The Bertz CT molecular complexity index is 124. The highest BCUT2D eigenvalue weighted by Crippen LogP contribution is 2.11. The number of nitrogens with zero attached hydrogens (tertiary/aromatic N) is 1. The van der Waals surface area contributed by atoms with Gasteiger partial charge in [-0.3, -0.25) is 0 Å². The first-order valence-electron chi connectivity index (χ1n) is 5.37. The monoisotopic (exact) mass is 185 g/mol. The van der Waals surface area contributed by atoms with Gasteiger partial charge in [0.1, 0.15) is 0 Å². The molecule has 3 heteroatoms. The van der Waals surface area contributed by atoms with Gasteiger partial charge in [-0.15, -0.1) is 0 Å². The number of hydrogen-bond acceptors (Lipinski definition) is 3. The van der Waals surface area contributed by atoms with Crippen molar-refractivity contribution in [2.24, 2.45) is 0 Å². The Hall–Kier alpha value is -0.120. The summed E-state index contributed by atoms with van der Waals surface area (Å²) in [5, 5.41) is 0. The standard InChI is InChI=1S/C10H19NO2/c1-2-4-11(5-3-1)8-10-9-12-6-7-13-10/h10H,1-9H2. The van der Waals surface area contributed by atoms with E-state index in [4.69, 9.17) is 9.47 Å². The molecular weight excluding hydrogens is 166 g/mol. The van der Waals surface area contributed by atoms with Crippen LogP contribution in [0.4, 0.5) is 0 Å². The molecule has 0 saturated carbocycles. The topological polar surface area (TPSA) is 21.7 Å². The molecule has 0 aromatic rings. The number of likely N-dealkylation sites (tertiary alicyclic amines) is 1. The van der Waals surface area contributed by atoms with Gasteiger partial charge < -0.3 is 14.4 Å². The maximum Gasteiger partial charge on any atom is 0.0936 e. The van der Waals surface area contributed by atoms with Crippen molar-refractivity contribution in [1.29, 1.82) is 0 Å². The first-order valence-corrected chi connectivity index (χ1v) is 5.37. The Kier molecular flexibility index (Phi) is 3.58. The van der Waals surface area contributed by atoms with Crippen LogP contribution in [0.25, 0.3) is 0 Å². The predicted molar refractivity (Wildman–Crippen MR) is 50.9 cm³/mol. The van der Waals surface area contributed by atoms with Crippen molar-refractivity contribution in [1.82, 2.24) is 4.90 Å². The fourth-order valence-corrected chi connectivity index (χ4v) is 2.07. The molecule has 1 atom stereocenters. The van der Waals surface area contributed by atoms with Gasteiger partial charge >= 0.3 is 0 Å².